The van der Waals surface area contributed by atoms with E-state index in [9.17, 15) is 14.0 Å². The number of ether oxygens (including phenoxy) is 1. The van der Waals surface area contributed by atoms with Gasteiger partial charge in [-0.05, 0) is 56.5 Å². The molecule has 1 aliphatic rings. The average Bonchev–Trinajstić information content (AvgIpc) is 2.79. The summed E-state index contributed by atoms with van der Waals surface area (Å²) in [7, 11) is 0. The maximum Gasteiger partial charge on any atom is 0.261 e. The minimum absolute atomic E-state index is 0.00646. The van der Waals surface area contributed by atoms with Crippen LogP contribution < -0.4 is 10.1 Å². The molecule has 1 N–H and O–H groups in total. The molecule has 0 spiro atoms. The van der Waals surface area contributed by atoms with Crippen molar-refractivity contribution in [2.75, 3.05) is 6.61 Å². The Bertz CT molecular complexity index is 947. The molecule has 172 valence electrons. The fraction of sp³-hybridized carbons (Fsp3) is 0.440. The zero-order valence-corrected chi connectivity index (χ0v) is 20.2. The fourth-order valence-electron chi connectivity index (χ4n) is 3.90. The van der Waals surface area contributed by atoms with Crippen molar-refractivity contribution in [1.82, 2.24) is 10.2 Å². The number of nitrogens with one attached hydrogen (secondary N) is 1. The van der Waals surface area contributed by atoms with Crippen LogP contribution in [0.2, 0.25) is 0 Å². The van der Waals surface area contributed by atoms with Gasteiger partial charge in [0.2, 0.25) is 5.91 Å². The molecule has 3 rings (SSSR count). The zero-order valence-electron chi connectivity index (χ0n) is 18.6. The summed E-state index contributed by atoms with van der Waals surface area (Å²) in [4.78, 5) is 27.4. The summed E-state index contributed by atoms with van der Waals surface area (Å²) in [5.41, 5.74) is 1.34. The van der Waals surface area contributed by atoms with E-state index < -0.39 is 11.9 Å². The van der Waals surface area contributed by atoms with Crippen molar-refractivity contribution in [2.24, 2.45) is 0 Å². The van der Waals surface area contributed by atoms with Gasteiger partial charge in [0, 0.05) is 22.6 Å². The molecule has 32 heavy (non-hydrogen) atoms. The summed E-state index contributed by atoms with van der Waals surface area (Å²) in [6.45, 7) is 3.37. The molecule has 0 bridgehead atoms. The van der Waals surface area contributed by atoms with Gasteiger partial charge in [-0.1, -0.05) is 53.4 Å². The van der Waals surface area contributed by atoms with Gasteiger partial charge >= 0.3 is 0 Å². The highest BCUT2D eigenvalue weighted by atomic mass is 79.9. The van der Waals surface area contributed by atoms with E-state index in [1.54, 1.807) is 31.2 Å². The number of rotatable bonds is 8. The van der Waals surface area contributed by atoms with Crippen molar-refractivity contribution in [1.29, 1.82) is 0 Å². The molecule has 0 aromatic heterocycles. The molecule has 0 radical (unpaired) electrons. The Kier molecular flexibility index (Phi) is 8.67. The molecule has 1 unspecified atom stereocenters. The Labute approximate surface area is 197 Å². The maximum atomic E-state index is 14.3. The molecule has 1 atom stereocenters. The van der Waals surface area contributed by atoms with E-state index in [2.05, 4.69) is 21.2 Å². The van der Waals surface area contributed by atoms with Crippen LogP contribution in [0.5, 0.6) is 5.75 Å². The van der Waals surface area contributed by atoms with Crippen LogP contribution in [-0.2, 0) is 16.1 Å². The quantitative estimate of drug-likeness (QED) is 0.541. The van der Waals surface area contributed by atoms with Gasteiger partial charge in [-0.25, -0.2) is 4.39 Å². The molecule has 0 saturated heterocycles. The van der Waals surface area contributed by atoms with Crippen LogP contribution in [0.3, 0.4) is 0 Å². The molecule has 7 heteroatoms. The monoisotopic (exact) mass is 504 g/mol. The van der Waals surface area contributed by atoms with E-state index in [0.29, 0.717) is 11.3 Å². The third-order valence-corrected chi connectivity index (χ3v) is 6.80. The van der Waals surface area contributed by atoms with Crippen LogP contribution >= 0.6 is 15.9 Å². The first-order chi connectivity index (χ1) is 15.3. The molecule has 2 aromatic carbocycles. The van der Waals surface area contributed by atoms with Gasteiger partial charge in [-0.3, -0.25) is 9.59 Å². The summed E-state index contributed by atoms with van der Waals surface area (Å²) >= 11 is 3.44. The van der Waals surface area contributed by atoms with E-state index in [1.165, 1.54) is 17.4 Å². The van der Waals surface area contributed by atoms with E-state index in [4.69, 9.17) is 4.74 Å². The second kappa shape index (κ2) is 11.5. The topological polar surface area (TPSA) is 58.6 Å². The lowest BCUT2D eigenvalue weighted by Gasteiger charge is -2.31. The molecule has 0 heterocycles. The Balaban J connectivity index is 1.72. The third kappa shape index (κ3) is 6.55. The zero-order chi connectivity index (χ0) is 23.1. The van der Waals surface area contributed by atoms with Gasteiger partial charge < -0.3 is 15.0 Å². The third-order valence-electron chi connectivity index (χ3n) is 5.91. The van der Waals surface area contributed by atoms with E-state index >= 15 is 0 Å². The Hall–Kier alpha value is -2.41. The number of halogens is 2. The largest absolute Gasteiger partial charge is 0.484 e. The fourth-order valence-corrected chi connectivity index (χ4v) is 4.14. The van der Waals surface area contributed by atoms with Gasteiger partial charge in [-0.2, -0.15) is 0 Å². The first-order valence-corrected chi connectivity index (χ1v) is 11.9. The first-order valence-electron chi connectivity index (χ1n) is 11.1. The van der Waals surface area contributed by atoms with E-state index in [0.717, 1.165) is 35.7 Å². The molecule has 2 amide bonds. The summed E-state index contributed by atoms with van der Waals surface area (Å²) in [5.74, 6) is -0.444. The van der Waals surface area contributed by atoms with Crippen LogP contribution in [0.15, 0.2) is 46.9 Å². The van der Waals surface area contributed by atoms with Crippen molar-refractivity contribution in [3.8, 4) is 5.75 Å². The van der Waals surface area contributed by atoms with Crippen LogP contribution in [0.4, 0.5) is 4.39 Å². The van der Waals surface area contributed by atoms with Crippen molar-refractivity contribution in [3.05, 3.63) is 63.9 Å². The number of carbonyl (C=O) groups is 2. The smallest absolute Gasteiger partial charge is 0.261 e. The van der Waals surface area contributed by atoms with Crippen molar-refractivity contribution >= 4 is 27.7 Å². The molecule has 2 aromatic rings. The number of aryl methyl sites for hydroxylation is 1. The van der Waals surface area contributed by atoms with Crippen molar-refractivity contribution in [2.45, 2.75) is 64.6 Å². The van der Waals surface area contributed by atoms with Crippen LogP contribution in [0, 0.1) is 12.7 Å². The van der Waals surface area contributed by atoms with Crippen molar-refractivity contribution < 1.29 is 18.7 Å². The number of hydrogen-bond acceptors (Lipinski definition) is 3. The van der Waals surface area contributed by atoms with Gasteiger partial charge in [-0.15, -0.1) is 0 Å². The predicted octanol–water partition coefficient (Wildman–Crippen LogP) is 5.14. The summed E-state index contributed by atoms with van der Waals surface area (Å²) in [6.07, 6.45) is 5.28. The maximum absolute atomic E-state index is 14.3. The lowest BCUT2D eigenvalue weighted by Crippen LogP contribution is -2.51. The molecule has 5 nitrogen and oxygen atoms in total. The van der Waals surface area contributed by atoms with Gasteiger partial charge in [0.25, 0.3) is 5.91 Å². The second-order valence-electron chi connectivity index (χ2n) is 8.33. The molecular formula is C25H30BrFN2O3. The van der Waals surface area contributed by atoms with Crippen molar-refractivity contribution in [3.63, 3.8) is 0 Å². The summed E-state index contributed by atoms with van der Waals surface area (Å²) in [6, 6.07) is 11.1. The number of amides is 2. The van der Waals surface area contributed by atoms with Crippen LogP contribution in [-0.4, -0.2) is 35.4 Å². The number of nitrogens with zero attached hydrogens (tertiary/aromatic N) is 1. The highest BCUT2D eigenvalue weighted by Gasteiger charge is 2.29. The Morgan fingerprint density at radius 2 is 1.91 bits per heavy atom. The van der Waals surface area contributed by atoms with Crippen LogP contribution in [0.25, 0.3) is 0 Å². The second-order valence-corrected chi connectivity index (χ2v) is 9.19. The Morgan fingerprint density at radius 1 is 1.19 bits per heavy atom. The minimum Gasteiger partial charge on any atom is -0.484 e. The number of carbonyl (C=O) groups excluding carboxylic acids is 2. The van der Waals surface area contributed by atoms with Gasteiger partial charge in [0.05, 0.1) is 0 Å². The SMILES string of the molecule is Cc1cc(OCC(=O)N(Cc2ccccc2F)C(C)C(=O)NC2CCCCC2)ccc1Br. The molecule has 1 fully saturated rings. The molecule has 1 saturated carbocycles. The average molecular weight is 505 g/mol. The summed E-state index contributed by atoms with van der Waals surface area (Å²) in [5, 5.41) is 3.07. The highest BCUT2D eigenvalue weighted by Crippen LogP contribution is 2.22. The highest BCUT2D eigenvalue weighted by molar-refractivity contribution is 9.10. The standard InChI is InChI=1S/C25H30BrFN2O3/c1-17-14-21(12-13-22(17)26)32-16-24(30)29(15-19-8-6-7-11-23(19)27)18(2)25(31)28-20-9-4-3-5-10-20/h6-8,11-14,18,20H,3-5,9-10,15-16H2,1-2H3,(H,28,31). The predicted molar refractivity (Wildman–Crippen MR) is 126 cm³/mol. The number of hydrogen-bond donors (Lipinski definition) is 1. The minimum atomic E-state index is -0.751. The first kappa shape index (κ1) is 24.2. The normalized spacial score (nSPS) is 15.1. The Morgan fingerprint density at radius 3 is 2.59 bits per heavy atom. The van der Waals surface area contributed by atoms with Gasteiger partial charge in [0.1, 0.15) is 17.6 Å². The van der Waals surface area contributed by atoms with Crippen LogP contribution in [0.1, 0.15) is 50.2 Å². The van der Waals surface area contributed by atoms with E-state index in [-0.39, 0.29) is 31.0 Å². The lowest BCUT2D eigenvalue weighted by atomic mass is 9.95. The van der Waals surface area contributed by atoms with E-state index in [1.807, 2.05) is 19.1 Å². The molecular weight excluding hydrogens is 475 g/mol. The lowest BCUT2D eigenvalue weighted by molar-refractivity contribution is -0.142. The molecule has 1 aliphatic carbocycles. The summed E-state index contributed by atoms with van der Waals surface area (Å²) < 4.78 is 21.0. The van der Waals surface area contributed by atoms with Gasteiger partial charge in [0.15, 0.2) is 6.61 Å². The number of benzene rings is 2. The molecule has 0 aliphatic heterocycles.